The Bertz CT molecular complexity index is 684. The first-order valence-corrected chi connectivity index (χ1v) is 6.94. The number of rotatable bonds is 4. The molecule has 0 bridgehead atoms. The van der Waals surface area contributed by atoms with Gasteiger partial charge in [-0.15, -0.1) is 0 Å². The monoisotopic (exact) mass is 279 g/mol. The maximum Gasteiger partial charge on any atom is 0.255 e. The second-order valence-electron chi connectivity index (χ2n) is 4.63. The number of nitriles is 1. The Morgan fingerprint density at radius 3 is 2.62 bits per heavy atom. The summed E-state index contributed by atoms with van der Waals surface area (Å²) in [4.78, 5) is 18.3. The van der Waals surface area contributed by atoms with Crippen LogP contribution >= 0.6 is 0 Å². The van der Waals surface area contributed by atoms with Gasteiger partial charge in [-0.3, -0.25) is 9.78 Å². The van der Waals surface area contributed by atoms with Gasteiger partial charge in [0.25, 0.3) is 5.91 Å². The predicted octanol–water partition coefficient (Wildman–Crippen LogP) is 3.10. The van der Waals surface area contributed by atoms with Crippen LogP contribution in [0.1, 0.15) is 29.8 Å². The highest BCUT2D eigenvalue weighted by atomic mass is 16.2. The third-order valence-corrected chi connectivity index (χ3v) is 3.36. The zero-order chi connectivity index (χ0) is 15.2. The Labute approximate surface area is 124 Å². The molecule has 0 aliphatic rings. The van der Waals surface area contributed by atoms with E-state index in [0.29, 0.717) is 24.2 Å². The summed E-state index contributed by atoms with van der Waals surface area (Å²) in [6.45, 7) is 5.25. The highest BCUT2D eigenvalue weighted by molar-refractivity contribution is 5.95. The molecule has 1 amide bonds. The molecule has 1 aromatic carbocycles. The van der Waals surface area contributed by atoms with Gasteiger partial charge >= 0.3 is 0 Å². The number of aromatic nitrogens is 1. The van der Waals surface area contributed by atoms with Crippen LogP contribution in [0.25, 0.3) is 11.1 Å². The lowest BCUT2D eigenvalue weighted by molar-refractivity contribution is 0.0772. The summed E-state index contributed by atoms with van der Waals surface area (Å²) in [5, 5.41) is 8.96. The van der Waals surface area contributed by atoms with Gasteiger partial charge in [0.15, 0.2) is 0 Å². The van der Waals surface area contributed by atoms with Crippen molar-refractivity contribution in [2.24, 2.45) is 0 Å². The molecular formula is C17H17N3O. The van der Waals surface area contributed by atoms with Gasteiger partial charge in [-0.25, -0.2) is 0 Å². The Balaban J connectivity index is 2.38. The lowest BCUT2D eigenvalue weighted by Crippen LogP contribution is -2.30. The molecule has 0 saturated carbocycles. The van der Waals surface area contributed by atoms with E-state index >= 15 is 0 Å². The second-order valence-corrected chi connectivity index (χ2v) is 4.63. The van der Waals surface area contributed by atoms with E-state index in [-0.39, 0.29) is 5.91 Å². The predicted molar refractivity (Wildman–Crippen MR) is 81.6 cm³/mol. The summed E-state index contributed by atoms with van der Waals surface area (Å²) in [7, 11) is 0. The molecule has 0 spiro atoms. The Kier molecular flexibility index (Phi) is 4.68. The SMILES string of the molecule is CCN(CC)C(=O)c1cncc(-c2cccc(C#N)c2)c1. The Morgan fingerprint density at radius 1 is 1.19 bits per heavy atom. The van der Waals surface area contributed by atoms with Crippen LogP contribution in [0.2, 0.25) is 0 Å². The van der Waals surface area contributed by atoms with E-state index in [9.17, 15) is 4.79 Å². The van der Waals surface area contributed by atoms with Crippen molar-refractivity contribution in [2.75, 3.05) is 13.1 Å². The molecule has 2 aromatic rings. The Hall–Kier alpha value is -2.67. The summed E-state index contributed by atoms with van der Waals surface area (Å²) in [5.41, 5.74) is 2.88. The Morgan fingerprint density at radius 2 is 1.95 bits per heavy atom. The first kappa shape index (κ1) is 14.7. The molecule has 4 heteroatoms. The number of benzene rings is 1. The maximum atomic E-state index is 12.3. The molecule has 21 heavy (non-hydrogen) atoms. The van der Waals surface area contributed by atoms with Crippen LogP contribution in [0.15, 0.2) is 42.7 Å². The quantitative estimate of drug-likeness (QED) is 0.864. The van der Waals surface area contributed by atoms with Gasteiger partial charge in [-0.1, -0.05) is 12.1 Å². The van der Waals surface area contributed by atoms with Crippen LogP contribution in [0.4, 0.5) is 0 Å². The van der Waals surface area contributed by atoms with E-state index in [1.54, 1.807) is 29.4 Å². The molecule has 0 aliphatic heterocycles. The van der Waals surface area contributed by atoms with Crippen LogP contribution in [0.3, 0.4) is 0 Å². The summed E-state index contributed by atoms with van der Waals surface area (Å²) in [6.07, 6.45) is 3.29. The molecule has 0 saturated heterocycles. The second kappa shape index (κ2) is 6.67. The van der Waals surface area contributed by atoms with E-state index < -0.39 is 0 Å². The molecule has 0 unspecified atom stereocenters. The average Bonchev–Trinajstić information content (AvgIpc) is 2.56. The first-order chi connectivity index (χ1) is 10.2. The molecule has 0 N–H and O–H groups in total. The van der Waals surface area contributed by atoms with Crippen molar-refractivity contribution in [3.8, 4) is 17.2 Å². The minimum atomic E-state index is -0.0224. The molecular weight excluding hydrogens is 262 g/mol. The smallest absolute Gasteiger partial charge is 0.255 e. The van der Waals surface area contributed by atoms with E-state index in [4.69, 9.17) is 5.26 Å². The van der Waals surface area contributed by atoms with Crippen molar-refractivity contribution in [1.82, 2.24) is 9.88 Å². The largest absolute Gasteiger partial charge is 0.339 e. The molecule has 4 nitrogen and oxygen atoms in total. The summed E-state index contributed by atoms with van der Waals surface area (Å²) in [6, 6.07) is 11.2. The highest BCUT2D eigenvalue weighted by Gasteiger charge is 2.13. The third-order valence-electron chi connectivity index (χ3n) is 3.36. The van der Waals surface area contributed by atoms with E-state index in [1.807, 2.05) is 32.0 Å². The minimum absolute atomic E-state index is 0.0224. The van der Waals surface area contributed by atoms with Crippen molar-refractivity contribution in [1.29, 1.82) is 5.26 Å². The molecule has 1 heterocycles. The topological polar surface area (TPSA) is 57.0 Å². The van der Waals surface area contributed by atoms with E-state index in [2.05, 4.69) is 11.1 Å². The molecule has 1 aromatic heterocycles. The summed E-state index contributed by atoms with van der Waals surface area (Å²) >= 11 is 0. The maximum absolute atomic E-state index is 12.3. The number of amides is 1. The van der Waals surface area contributed by atoms with Gasteiger partial charge in [0, 0.05) is 31.0 Å². The van der Waals surface area contributed by atoms with Gasteiger partial charge < -0.3 is 4.90 Å². The zero-order valence-corrected chi connectivity index (χ0v) is 12.2. The number of carbonyl (C=O) groups excluding carboxylic acids is 1. The van der Waals surface area contributed by atoms with Crippen molar-refractivity contribution in [2.45, 2.75) is 13.8 Å². The van der Waals surface area contributed by atoms with Crippen molar-refractivity contribution in [3.05, 3.63) is 53.9 Å². The van der Waals surface area contributed by atoms with Gasteiger partial charge in [0.05, 0.1) is 17.2 Å². The number of pyridine rings is 1. The number of nitrogens with zero attached hydrogens (tertiary/aromatic N) is 3. The highest BCUT2D eigenvalue weighted by Crippen LogP contribution is 2.21. The lowest BCUT2D eigenvalue weighted by atomic mass is 10.0. The molecule has 2 rings (SSSR count). The van der Waals surface area contributed by atoms with Crippen LogP contribution in [0, 0.1) is 11.3 Å². The van der Waals surface area contributed by atoms with Crippen LogP contribution < -0.4 is 0 Å². The van der Waals surface area contributed by atoms with Gasteiger partial charge in [-0.05, 0) is 37.6 Å². The molecule has 0 fully saturated rings. The first-order valence-electron chi connectivity index (χ1n) is 6.94. The molecule has 0 radical (unpaired) electrons. The molecule has 106 valence electrons. The summed E-state index contributed by atoms with van der Waals surface area (Å²) in [5.74, 6) is -0.0224. The van der Waals surface area contributed by atoms with Crippen molar-refractivity contribution in [3.63, 3.8) is 0 Å². The van der Waals surface area contributed by atoms with Crippen molar-refractivity contribution >= 4 is 5.91 Å². The van der Waals surface area contributed by atoms with Gasteiger partial charge in [0.2, 0.25) is 0 Å². The van der Waals surface area contributed by atoms with Gasteiger partial charge in [0.1, 0.15) is 0 Å². The van der Waals surface area contributed by atoms with E-state index in [1.165, 1.54) is 0 Å². The average molecular weight is 279 g/mol. The fourth-order valence-corrected chi connectivity index (χ4v) is 2.18. The van der Waals surface area contributed by atoms with Crippen LogP contribution in [0.5, 0.6) is 0 Å². The zero-order valence-electron chi connectivity index (χ0n) is 12.2. The number of hydrogen-bond donors (Lipinski definition) is 0. The fraction of sp³-hybridized carbons (Fsp3) is 0.235. The number of hydrogen-bond acceptors (Lipinski definition) is 3. The molecule has 0 atom stereocenters. The minimum Gasteiger partial charge on any atom is -0.339 e. The van der Waals surface area contributed by atoms with Crippen molar-refractivity contribution < 1.29 is 4.79 Å². The fourth-order valence-electron chi connectivity index (χ4n) is 2.18. The lowest BCUT2D eigenvalue weighted by Gasteiger charge is -2.18. The van der Waals surface area contributed by atoms with Gasteiger partial charge in [-0.2, -0.15) is 5.26 Å². The third kappa shape index (κ3) is 3.26. The van der Waals surface area contributed by atoms with E-state index in [0.717, 1.165) is 11.1 Å². The molecule has 0 aliphatic carbocycles. The van der Waals surface area contributed by atoms with Crippen LogP contribution in [-0.4, -0.2) is 28.9 Å². The van der Waals surface area contributed by atoms with Crippen LogP contribution in [-0.2, 0) is 0 Å². The summed E-state index contributed by atoms with van der Waals surface area (Å²) < 4.78 is 0. The number of carbonyl (C=O) groups is 1. The standard InChI is InChI=1S/C17H17N3O/c1-3-20(4-2)17(21)16-9-15(11-19-12-16)14-7-5-6-13(8-14)10-18/h5-9,11-12H,3-4H2,1-2H3. The normalized spacial score (nSPS) is 9.95.